The van der Waals surface area contributed by atoms with Gasteiger partial charge in [0.05, 0.1) is 16.9 Å². The number of carbonyl (C=O) groups is 2. The SMILES string of the molecule is CCc1cc(C(=O)Nc2ccc(I)cc2C(=O)O)n(C)n1. The van der Waals surface area contributed by atoms with Crippen LogP contribution in [0.15, 0.2) is 24.3 Å². The summed E-state index contributed by atoms with van der Waals surface area (Å²) in [5.74, 6) is -1.46. The molecule has 1 heterocycles. The molecular weight excluding hydrogens is 385 g/mol. The number of halogens is 1. The number of carboxylic acid groups (broad SMARTS) is 1. The van der Waals surface area contributed by atoms with Crippen LogP contribution in [0.2, 0.25) is 0 Å². The van der Waals surface area contributed by atoms with Crippen molar-refractivity contribution in [2.24, 2.45) is 7.05 Å². The Morgan fingerprint density at radius 2 is 2.10 bits per heavy atom. The van der Waals surface area contributed by atoms with E-state index in [1.165, 1.54) is 10.7 Å². The fourth-order valence-corrected chi connectivity index (χ4v) is 2.39. The number of carboxylic acids is 1. The number of amides is 1. The van der Waals surface area contributed by atoms with Crippen LogP contribution in [0.1, 0.15) is 33.5 Å². The number of benzene rings is 1. The van der Waals surface area contributed by atoms with Crippen LogP contribution in [0.3, 0.4) is 0 Å². The molecule has 2 aromatic rings. The van der Waals surface area contributed by atoms with Crippen LogP contribution in [-0.2, 0) is 13.5 Å². The minimum Gasteiger partial charge on any atom is -0.478 e. The number of anilines is 1. The maximum absolute atomic E-state index is 12.3. The third kappa shape index (κ3) is 3.41. The lowest BCUT2D eigenvalue weighted by Gasteiger charge is -2.09. The van der Waals surface area contributed by atoms with Gasteiger partial charge in [0.1, 0.15) is 5.69 Å². The second-order valence-corrected chi connectivity index (χ2v) is 5.69. The molecular formula is C14H14IN3O3. The third-order valence-electron chi connectivity index (χ3n) is 2.99. The van der Waals surface area contributed by atoms with Crippen LogP contribution in [-0.4, -0.2) is 26.8 Å². The largest absolute Gasteiger partial charge is 0.478 e. The standard InChI is InChI=1S/C14H14IN3O3/c1-3-9-7-12(18(2)17-9)13(19)16-11-5-4-8(15)6-10(11)14(20)21/h4-7H,3H2,1-2H3,(H,16,19)(H,20,21). The normalized spacial score (nSPS) is 10.4. The van der Waals surface area contributed by atoms with Gasteiger partial charge in [-0.3, -0.25) is 9.48 Å². The number of nitrogens with zero attached hydrogens (tertiary/aromatic N) is 2. The van der Waals surface area contributed by atoms with Crippen LogP contribution < -0.4 is 5.32 Å². The third-order valence-corrected chi connectivity index (χ3v) is 3.66. The Balaban J connectivity index is 2.31. The molecule has 1 aromatic carbocycles. The molecule has 0 atom stereocenters. The highest BCUT2D eigenvalue weighted by Crippen LogP contribution is 2.20. The average Bonchev–Trinajstić information content (AvgIpc) is 2.82. The van der Waals surface area contributed by atoms with Crippen molar-refractivity contribution in [2.75, 3.05) is 5.32 Å². The van der Waals surface area contributed by atoms with Gasteiger partial charge in [-0.15, -0.1) is 0 Å². The topological polar surface area (TPSA) is 84.2 Å². The Hall–Kier alpha value is -1.90. The molecule has 0 aliphatic heterocycles. The first-order valence-electron chi connectivity index (χ1n) is 6.29. The Morgan fingerprint density at radius 3 is 2.67 bits per heavy atom. The molecule has 0 aliphatic carbocycles. The summed E-state index contributed by atoms with van der Waals surface area (Å²) in [4.78, 5) is 23.5. The summed E-state index contributed by atoms with van der Waals surface area (Å²) >= 11 is 2.02. The minimum absolute atomic E-state index is 0.0631. The molecule has 0 bridgehead atoms. The number of aromatic carboxylic acids is 1. The molecule has 0 saturated heterocycles. The Labute approximate surface area is 135 Å². The summed E-state index contributed by atoms with van der Waals surface area (Å²) < 4.78 is 2.28. The number of hydrogen-bond donors (Lipinski definition) is 2. The van der Waals surface area contributed by atoms with Gasteiger partial charge in [-0.25, -0.2) is 4.79 Å². The van der Waals surface area contributed by atoms with E-state index >= 15 is 0 Å². The molecule has 7 heteroatoms. The summed E-state index contributed by atoms with van der Waals surface area (Å²) in [7, 11) is 1.68. The zero-order valence-corrected chi connectivity index (χ0v) is 13.7. The Kier molecular flexibility index (Phi) is 4.61. The van der Waals surface area contributed by atoms with Crippen LogP contribution >= 0.6 is 22.6 Å². The second-order valence-electron chi connectivity index (χ2n) is 4.45. The average molecular weight is 399 g/mol. The number of nitrogens with one attached hydrogen (secondary N) is 1. The summed E-state index contributed by atoms with van der Waals surface area (Å²) in [5.41, 5.74) is 1.53. The highest BCUT2D eigenvalue weighted by molar-refractivity contribution is 14.1. The highest BCUT2D eigenvalue weighted by atomic mass is 127. The molecule has 0 aliphatic rings. The quantitative estimate of drug-likeness (QED) is 0.775. The van der Waals surface area contributed by atoms with E-state index in [4.69, 9.17) is 0 Å². The summed E-state index contributed by atoms with van der Waals surface area (Å²) in [5, 5.41) is 16.0. The lowest BCUT2D eigenvalue weighted by atomic mass is 10.1. The molecule has 0 fully saturated rings. The Morgan fingerprint density at radius 1 is 1.38 bits per heavy atom. The van der Waals surface area contributed by atoms with E-state index in [1.807, 2.05) is 29.5 Å². The molecule has 0 saturated carbocycles. The fourth-order valence-electron chi connectivity index (χ4n) is 1.90. The molecule has 1 amide bonds. The number of rotatable bonds is 4. The van der Waals surface area contributed by atoms with Crippen LogP contribution in [0.25, 0.3) is 0 Å². The molecule has 21 heavy (non-hydrogen) atoms. The molecule has 6 nitrogen and oxygen atoms in total. The summed E-state index contributed by atoms with van der Waals surface area (Å²) in [6.07, 6.45) is 0.727. The van der Waals surface area contributed by atoms with Gasteiger partial charge in [-0.1, -0.05) is 6.92 Å². The molecule has 2 N–H and O–H groups in total. The fraction of sp³-hybridized carbons (Fsp3) is 0.214. The molecule has 0 spiro atoms. The van der Waals surface area contributed by atoms with E-state index in [0.29, 0.717) is 5.69 Å². The van der Waals surface area contributed by atoms with Crippen molar-refractivity contribution < 1.29 is 14.7 Å². The van der Waals surface area contributed by atoms with Crippen molar-refractivity contribution in [2.45, 2.75) is 13.3 Å². The first kappa shape index (κ1) is 15.5. The van der Waals surface area contributed by atoms with E-state index in [2.05, 4.69) is 10.4 Å². The lowest BCUT2D eigenvalue weighted by molar-refractivity contribution is 0.0698. The van der Waals surface area contributed by atoms with Crippen molar-refractivity contribution in [3.63, 3.8) is 0 Å². The van der Waals surface area contributed by atoms with E-state index in [-0.39, 0.29) is 17.2 Å². The van der Waals surface area contributed by atoms with Gasteiger partial charge in [-0.05, 0) is 53.3 Å². The predicted molar refractivity (Wildman–Crippen MR) is 86.7 cm³/mol. The molecule has 1 aromatic heterocycles. The minimum atomic E-state index is -1.08. The molecule has 110 valence electrons. The lowest BCUT2D eigenvalue weighted by Crippen LogP contribution is -2.18. The van der Waals surface area contributed by atoms with Crippen molar-refractivity contribution in [1.29, 1.82) is 0 Å². The van der Waals surface area contributed by atoms with Crippen molar-refractivity contribution in [3.05, 3.63) is 44.8 Å². The van der Waals surface area contributed by atoms with Crippen LogP contribution in [0.5, 0.6) is 0 Å². The first-order chi connectivity index (χ1) is 9.92. The van der Waals surface area contributed by atoms with Gasteiger partial charge in [0.2, 0.25) is 0 Å². The highest BCUT2D eigenvalue weighted by Gasteiger charge is 2.17. The van der Waals surface area contributed by atoms with Gasteiger partial charge in [-0.2, -0.15) is 5.10 Å². The zero-order valence-electron chi connectivity index (χ0n) is 11.6. The molecule has 0 radical (unpaired) electrons. The van der Waals surface area contributed by atoms with Gasteiger partial charge >= 0.3 is 5.97 Å². The number of aromatic nitrogens is 2. The van der Waals surface area contributed by atoms with E-state index in [1.54, 1.807) is 25.2 Å². The summed E-state index contributed by atoms with van der Waals surface area (Å²) in [6, 6.07) is 6.53. The van der Waals surface area contributed by atoms with Crippen LogP contribution in [0, 0.1) is 3.57 Å². The number of aryl methyl sites for hydroxylation is 2. The number of carbonyl (C=O) groups excluding carboxylic acids is 1. The first-order valence-corrected chi connectivity index (χ1v) is 7.37. The maximum Gasteiger partial charge on any atom is 0.337 e. The second kappa shape index (κ2) is 6.25. The van der Waals surface area contributed by atoms with Gasteiger partial charge < -0.3 is 10.4 Å². The van der Waals surface area contributed by atoms with Crippen molar-refractivity contribution in [1.82, 2.24) is 9.78 Å². The molecule has 0 unspecified atom stereocenters. The molecule has 2 rings (SSSR count). The zero-order chi connectivity index (χ0) is 15.6. The van der Waals surface area contributed by atoms with Gasteiger partial charge in [0, 0.05) is 10.6 Å². The van der Waals surface area contributed by atoms with Crippen LogP contribution in [0.4, 0.5) is 5.69 Å². The van der Waals surface area contributed by atoms with Crippen molar-refractivity contribution in [3.8, 4) is 0 Å². The monoisotopic (exact) mass is 399 g/mol. The van der Waals surface area contributed by atoms with E-state index in [9.17, 15) is 14.7 Å². The summed E-state index contributed by atoms with van der Waals surface area (Å²) in [6.45, 7) is 1.95. The predicted octanol–water partition coefficient (Wildman–Crippen LogP) is 2.54. The maximum atomic E-state index is 12.3. The van der Waals surface area contributed by atoms with E-state index < -0.39 is 5.97 Å². The van der Waals surface area contributed by atoms with Gasteiger partial charge in [0.25, 0.3) is 5.91 Å². The van der Waals surface area contributed by atoms with Gasteiger partial charge in [0.15, 0.2) is 0 Å². The Bertz CT molecular complexity index is 709. The van der Waals surface area contributed by atoms with Crippen molar-refractivity contribution >= 4 is 40.2 Å². The van der Waals surface area contributed by atoms with E-state index in [0.717, 1.165) is 15.7 Å². The number of hydrogen-bond acceptors (Lipinski definition) is 3. The smallest absolute Gasteiger partial charge is 0.337 e.